The van der Waals surface area contributed by atoms with Crippen molar-refractivity contribution in [2.75, 3.05) is 32.4 Å². The third-order valence-electron chi connectivity index (χ3n) is 4.35. The highest BCUT2D eigenvalue weighted by Crippen LogP contribution is 2.29. The van der Waals surface area contributed by atoms with E-state index in [9.17, 15) is 4.79 Å². The van der Waals surface area contributed by atoms with Gasteiger partial charge in [-0.15, -0.1) is 10.2 Å². The molecule has 1 amide bonds. The highest BCUT2D eigenvalue weighted by molar-refractivity contribution is 7.99. The van der Waals surface area contributed by atoms with Crippen LogP contribution in [0.2, 0.25) is 0 Å². The highest BCUT2D eigenvalue weighted by atomic mass is 32.2. The summed E-state index contributed by atoms with van der Waals surface area (Å²) in [4.78, 5) is 12.4. The summed E-state index contributed by atoms with van der Waals surface area (Å²) in [6.07, 6.45) is 0. The summed E-state index contributed by atoms with van der Waals surface area (Å²) in [7, 11) is 6.54. The Balaban J connectivity index is 1.56. The monoisotopic (exact) mass is 444 g/mol. The molecular weight excluding hydrogens is 420 g/mol. The number of thioether (sulfide) groups is 1. The lowest BCUT2D eigenvalue weighted by Gasteiger charge is -2.11. The van der Waals surface area contributed by atoms with Gasteiger partial charge in [-0.2, -0.15) is 0 Å². The first kappa shape index (κ1) is 22.3. The van der Waals surface area contributed by atoms with Crippen molar-refractivity contribution in [3.8, 4) is 23.0 Å². The van der Waals surface area contributed by atoms with E-state index < -0.39 is 0 Å². The number of benzene rings is 2. The number of rotatable bonds is 10. The predicted molar refractivity (Wildman–Crippen MR) is 117 cm³/mol. The maximum absolute atomic E-state index is 12.4. The fourth-order valence-corrected chi connectivity index (χ4v) is 3.39. The van der Waals surface area contributed by atoms with Crippen LogP contribution in [0.25, 0.3) is 0 Å². The molecule has 0 fully saturated rings. The van der Waals surface area contributed by atoms with Crippen molar-refractivity contribution in [1.29, 1.82) is 0 Å². The van der Waals surface area contributed by atoms with E-state index in [0.717, 1.165) is 0 Å². The minimum atomic E-state index is -0.200. The maximum Gasteiger partial charge on any atom is 0.234 e. The Morgan fingerprint density at radius 1 is 1.00 bits per heavy atom. The van der Waals surface area contributed by atoms with E-state index in [4.69, 9.17) is 18.9 Å². The second-order valence-electron chi connectivity index (χ2n) is 6.33. The topological polar surface area (TPSA) is 96.7 Å². The summed E-state index contributed by atoms with van der Waals surface area (Å²) in [5.41, 5.74) is 0.540. The van der Waals surface area contributed by atoms with Crippen molar-refractivity contribution in [3.63, 3.8) is 0 Å². The molecule has 0 atom stereocenters. The van der Waals surface area contributed by atoms with Gasteiger partial charge in [0.2, 0.25) is 5.91 Å². The summed E-state index contributed by atoms with van der Waals surface area (Å²) in [5.74, 6) is 3.15. The molecule has 164 valence electrons. The molecule has 1 aromatic heterocycles. The van der Waals surface area contributed by atoms with Gasteiger partial charge in [0.25, 0.3) is 0 Å². The van der Waals surface area contributed by atoms with Gasteiger partial charge in [-0.1, -0.05) is 17.8 Å². The van der Waals surface area contributed by atoms with Crippen molar-refractivity contribution in [1.82, 2.24) is 14.8 Å². The van der Waals surface area contributed by atoms with Gasteiger partial charge in [-0.3, -0.25) is 4.79 Å². The molecule has 0 aliphatic rings. The standard InChI is InChI=1S/C21H24N4O5S/c1-25-19(12-30-16-7-5-6-14(10-16)27-2)23-24-21(25)31-13-20(26)22-17-11-15(28-3)8-9-18(17)29-4/h5-11H,12-13H2,1-4H3,(H,22,26). The van der Waals surface area contributed by atoms with E-state index in [0.29, 0.717) is 39.7 Å². The Kier molecular flexibility index (Phi) is 7.60. The summed E-state index contributed by atoms with van der Waals surface area (Å²) in [5, 5.41) is 11.7. The molecule has 0 saturated heterocycles. The van der Waals surface area contributed by atoms with Crippen LogP contribution < -0.4 is 24.3 Å². The molecule has 0 spiro atoms. The number of hydrogen-bond donors (Lipinski definition) is 1. The van der Waals surface area contributed by atoms with E-state index in [2.05, 4.69) is 15.5 Å². The maximum atomic E-state index is 12.4. The molecule has 0 bridgehead atoms. The van der Waals surface area contributed by atoms with E-state index in [1.807, 2.05) is 25.2 Å². The predicted octanol–water partition coefficient (Wildman–Crippen LogP) is 3.15. The van der Waals surface area contributed by atoms with Crippen molar-refractivity contribution < 1.29 is 23.7 Å². The molecular formula is C21H24N4O5S. The molecule has 0 aliphatic heterocycles. The molecule has 10 heteroatoms. The van der Waals surface area contributed by atoms with Crippen LogP contribution in [0.15, 0.2) is 47.6 Å². The number of anilines is 1. The number of nitrogens with zero attached hydrogens (tertiary/aromatic N) is 3. The average molecular weight is 445 g/mol. The van der Waals surface area contributed by atoms with Gasteiger partial charge >= 0.3 is 0 Å². The number of methoxy groups -OCH3 is 3. The van der Waals surface area contributed by atoms with E-state index in [1.165, 1.54) is 11.8 Å². The van der Waals surface area contributed by atoms with Gasteiger partial charge < -0.3 is 28.8 Å². The SMILES string of the molecule is COc1cccc(OCc2nnc(SCC(=O)Nc3cc(OC)ccc3OC)n2C)c1. The van der Waals surface area contributed by atoms with Crippen LogP contribution in [0.3, 0.4) is 0 Å². The third-order valence-corrected chi connectivity index (χ3v) is 5.37. The fraction of sp³-hybridized carbons (Fsp3) is 0.286. The van der Waals surface area contributed by atoms with Gasteiger partial charge in [-0.25, -0.2) is 0 Å². The Hall–Kier alpha value is -3.40. The summed E-state index contributed by atoms with van der Waals surface area (Å²) in [6.45, 7) is 0.241. The number of carbonyl (C=O) groups is 1. The van der Waals surface area contributed by atoms with Gasteiger partial charge in [0, 0.05) is 19.2 Å². The van der Waals surface area contributed by atoms with Gasteiger partial charge in [0.1, 0.15) is 29.6 Å². The van der Waals surface area contributed by atoms with Crippen molar-refractivity contribution >= 4 is 23.4 Å². The first-order chi connectivity index (χ1) is 15.0. The second-order valence-corrected chi connectivity index (χ2v) is 7.27. The van der Waals surface area contributed by atoms with E-state index in [-0.39, 0.29) is 18.3 Å². The molecule has 0 saturated carbocycles. The molecule has 2 aromatic carbocycles. The average Bonchev–Trinajstić information content (AvgIpc) is 3.15. The van der Waals surface area contributed by atoms with Gasteiger partial charge in [0.05, 0.1) is 32.8 Å². The zero-order chi connectivity index (χ0) is 22.2. The Labute approximate surface area is 184 Å². The molecule has 0 aliphatic carbocycles. The normalized spacial score (nSPS) is 10.5. The van der Waals surface area contributed by atoms with E-state index in [1.54, 1.807) is 50.2 Å². The number of ether oxygens (including phenoxy) is 4. The summed E-state index contributed by atoms with van der Waals surface area (Å²) >= 11 is 1.28. The Morgan fingerprint density at radius 2 is 1.74 bits per heavy atom. The molecule has 9 nitrogen and oxygen atoms in total. The van der Waals surface area contributed by atoms with Crippen LogP contribution in [0, 0.1) is 0 Å². The largest absolute Gasteiger partial charge is 0.497 e. The third kappa shape index (κ3) is 5.82. The smallest absolute Gasteiger partial charge is 0.234 e. The lowest BCUT2D eigenvalue weighted by Crippen LogP contribution is -2.15. The van der Waals surface area contributed by atoms with Crippen LogP contribution >= 0.6 is 11.8 Å². The van der Waals surface area contributed by atoms with Crippen LogP contribution in [0.5, 0.6) is 23.0 Å². The fourth-order valence-electron chi connectivity index (χ4n) is 2.66. The molecule has 0 unspecified atom stereocenters. The minimum Gasteiger partial charge on any atom is -0.497 e. The first-order valence-corrected chi connectivity index (χ1v) is 10.3. The Morgan fingerprint density at radius 3 is 2.48 bits per heavy atom. The molecule has 3 rings (SSSR count). The zero-order valence-corrected chi connectivity index (χ0v) is 18.6. The number of hydrogen-bond acceptors (Lipinski definition) is 8. The lowest BCUT2D eigenvalue weighted by molar-refractivity contribution is -0.113. The molecule has 31 heavy (non-hydrogen) atoms. The van der Waals surface area contributed by atoms with Gasteiger partial charge in [-0.05, 0) is 24.3 Å². The van der Waals surface area contributed by atoms with Crippen molar-refractivity contribution in [3.05, 3.63) is 48.3 Å². The minimum absolute atomic E-state index is 0.156. The lowest BCUT2D eigenvalue weighted by atomic mass is 10.2. The summed E-state index contributed by atoms with van der Waals surface area (Å²) < 4.78 is 23.2. The number of carbonyl (C=O) groups excluding carboxylic acids is 1. The summed E-state index contributed by atoms with van der Waals surface area (Å²) in [6, 6.07) is 12.5. The Bertz CT molecular complexity index is 1040. The number of aromatic nitrogens is 3. The quantitative estimate of drug-likeness (QED) is 0.477. The number of amides is 1. The number of nitrogens with one attached hydrogen (secondary N) is 1. The van der Waals surface area contributed by atoms with Gasteiger partial charge in [0.15, 0.2) is 11.0 Å². The van der Waals surface area contributed by atoms with Crippen LogP contribution in [-0.4, -0.2) is 47.8 Å². The van der Waals surface area contributed by atoms with Crippen LogP contribution in [0.4, 0.5) is 5.69 Å². The van der Waals surface area contributed by atoms with Crippen LogP contribution in [0.1, 0.15) is 5.82 Å². The highest BCUT2D eigenvalue weighted by Gasteiger charge is 2.14. The van der Waals surface area contributed by atoms with Crippen molar-refractivity contribution in [2.45, 2.75) is 11.8 Å². The van der Waals surface area contributed by atoms with E-state index >= 15 is 0 Å². The zero-order valence-electron chi connectivity index (χ0n) is 17.7. The second kappa shape index (κ2) is 10.6. The van der Waals surface area contributed by atoms with Crippen molar-refractivity contribution in [2.24, 2.45) is 7.05 Å². The first-order valence-electron chi connectivity index (χ1n) is 9.33. The molecule has 1 heterocycles. The molecule has 3 aromatic rings. The molecule has 0 radical (unpaired) electrons. The molecule has 1 N–H and O–H groups in total. The van der Waals surface area contributed by atoms with Crippen LogP contribution in [-0.2, 0) is 18.4 Å².